The quantitative estimate of drug-likeness (QED) is 0.810. The van der Waals surface area contributed by atoms with Crippen molar-refractivity contribution in [3.63, 3.8) is 0 Å². The van der Waals surface area contributed by atoms with Gasteiger partial charge in [-0.05, 0) is 40.5 Å². The molecule has 0 spiro atoms. The van der Waals surface area contributed by atoms with E-state index >= 15 is 0 Å². The summed E-state index contributed by atoms with van der Waals surface area (Å²) in [5, 5.41) is 8.08. The maximum absolute atomic E-state index is 12.8. The summed E-state index contributed by atoms with van der Waals surface area (Å²) < 4.78 is 10.8. The van der Waals surface area contributed by atoms with Crippen LogP contribution >= 0.6 is 0 Å². The van der Waals surface area contributed by atoms with E-state index in [-0.39, 0.29) is 17.6 Å². The summed E-state index contributed by atoms with van der Waals surface area (Å²) in [6.07, 6.45) is 1.60. The van der Waals surface area contributed by atoms with Gasteiger partial charge in [0, 0.05) is 11.1 Å². The SMILES string of the molecule is CCc1noc(C(C)C(=O)C(C)c2onc(CC)c2C)c1C. The highest BCUT2D eigenvalue weighted by Gasteiger charge is 2.31. The lowest BCUT2D eigenvalue weighted by Gasteiger charge is -2.13. The third-order valence-electron chi connectivity index (χ3n) is 4.42. The maximum Gasteiger partial charge on any atom is 0.153 e. The summed E-state index contributed by atoms with van der Waals surface area (Å²) in [5.74, 6) is 0.668. The highest BCUT2D eigenvalue weighted by Crippen LogP contribution is 2.31. The predicted octanol–water partition coefficient (Wildman–Crippen LogP) is 3.88. The number of hydrogen-bond acceptors (Lipinski definition) is 5. The number of carbonyl (C=O) groups excluding carboxylic acids is 1. The first-order valence-corrected chi connectivity index (χ1v) is 7.86. The molecule has 2 unspecified atom stereocenters. The van der Waals surface area contributed by atoms with Gasteiger partial charge in [-0.1, -0.05) is 24.2 Å². The topological polar surface area (TPSA) is 69.1 Å². The summed E-state index contributed by atoms with van der Waals surface area (Å²) in [6, 6.07) is 0. The summed E-state index contributed by atoms with van der Waals surface area (Å²) >= 11 is 0. The zero-order valence-electron chi connectivity index (χ0n) is 14.2. The number of nitrogens with zero attached hydrogens (tertiary/aromatic N) is 2. The Labute approximate surface area is 131 Å². The number of carbonyl (C=O) groups is 1. The van der Waals surface area contributed by atoms with Crippen molar-refractivity contribution in [3.05, 3.63) is 34.0 Å². The molecule has 0 bridgehead atoms. The Kier molecular flexibility index (Phi) is 4.84. The number of hydrogen-bond donors (Lipinski definition) is 0. The number of aryl methyl sites for hydroxylation is 2. The minimum Gasteiger partial charge on any atom is -0.360 e. The van der Waals surface area contributed by atoms with Crippen molar-refractivity contribution < 1.29 is 13.8 Å². The summed E-state index contributed by atoms with van der Waals surface area (Å²) in [6.45, 7) is 11.7. The fourth-order valence-corrected chi connectivity index (χ4v) is 2.87. The van der Waals surface area contributed by atoms with Gasteiger partial charge in [0.15, 0.2) is 5.78 Å². The fourth-order valence-electron chi connectivity index (χ4n) is 2.87. The molecule has 22 heavy (non-hydrogen) atoms. The lowest BCUT2D eigenvalue weighted by Crippen LogP contribution is -2.17. The van der Waals surface area contributed by atoms with Gasteiger partial charge in [-0.3, -0.25) is 4.79 Å². The van der Waals surface area contributed by atoms with E-state index in [0.717, 1.165) is 35.4 Å². The van der Waals surface area contributed by atoms with Crippen LogP contribution < -0.4 is 0 Å². The molecule has 2 aromatic heterocycles. The zero-order chi connectivity index (χ0) is 16.4. The van der Waals surface area contributed by atoms with Crippen LogP contribution in [-0.2, 0) is 17.6 Å². The Morgan fingerprint density at radius 2 is 1.27 bits per heavy atom. The molecule has 0 radical (unpaired) electrons. The van der Waals surface area contributed by atoms with E-state index in [0.29, 0.717) is 11.5 Å². The van der Waals surface area contributed by atoms with Crippen molar-refractivity contribution in [2.45, 2.75) is 66.2 Å². The predicted molar refractivity (Wildman–Crippen MR) is 83.1 cm³/mol. The highest BCUT2D eigenvalue weighted by molar-refractivity contribution is 5.90. The van der Waals surface area contributed by atoms with Crippen LogP contribution in [0.5, 0.6) is 0 Å². The molecule has 2 heterocycles. The molecule has 0 aromatic carbocycles. The second-order valence-corrected chi connectivity index (χ2v) is 5.79. The van der Waals surface area contributed by atoms with Crippen molar-refractivity contribution in [1.29, 1.82) is 0 Å². The molecule has 0 aliphatic rings. The number of aromatic nitrogens is 2. The number of ketones is 1. The van der Waals surface area contributed by atoms with Gasteiger partial charge in [0.25, 0.3) is 0 Å². The average Bonchev–Trinajstić information content (AvgIpc) is 3.07. The van der Waals surface area contributed by atoms with Crippen LogP contribution in [0.3, 0.4) is 0 Å². The molecule has 0 aliphatic heterocycles. The second kappa shape index (κ2) is 6.46. The molecule has 0 aliphatic carbocycles. The van der Waals surface area contributed by atoms with Crippen LogP contribution in [0.1, 0.15) is 73.6 Å². The molecule has 5 heteroatoms. The fraction of sp³-hybridized carbons (Fsp3) is 0.588. The molecule has 0 fully saturated rings. The standard InChI is InChI=1S/C17H24N2O3/c1-7-13-9(3)16(21-18-13)11(5)15(20)12(6)17-10(4)14(8-2)19-22-17/h11-12H,7-8H2,1-6H3. The lowest BCUT2D eigenvalue weighted by atomic mass is 9.88. The molecule has 0 N–H and O–H groups in total. The molecule has 5 nitrogen and oxygen atoms in total. The van der Waals surface area contributed by atoms with Crippen molar-refractivity contribution >= 4 is 5.78 Å². The van der Waals surface area contributed by atoms with E-state index in [1.165, 1.54) is 0 Å². The lowest BCUT2D eigenvalue weighted by molar-refractivity contribution is -0.122. The van der Waals surface area contributed by atoms with Gasteiger partial charge in [0.05, 0.1) is 23.2 Å². The Morgan fingerprint density at radius 3 is 1.55 bits per heavy atom. The van der Waals surface area contributed by atoms with E-state index < -0.39 is 0 Å². The molecule has 0 saturated heterocycles. The van der Waals surface area contributed by atoms with Crippen LogP contribution in [0, 0.1) is 13.8 Å². The molecular weight excluding hydrogens is 280 g/mol. The third-order valence-corrected chi connectivity index (χ3v) is 4.42. The van der Waals surface area contributed by atoms with Crippen LogP contribution in [0.2, 0.25) is 0 Å². The second-order valence-electron chi connectivity index (χ2n) is 5.79. The van der Waals surface area contributed by atoms with E-state index in [1.54, 1.807) is 0 Å². The molecule has 2 atom stereocenters. The van der Waals surface area contributed by atoms with E-state index in [9.17, 15) is 4.79 Å². The molecule has 120 valence electrons. The number of Topliss-reactive ketones (excluding diaryl/α,β-unsaturated/α-hetero) is 1. The Hall–Kier alpha value is -1.91. The Morgan fingerprint density at radius 1 is 0.909 bits per heavy atom. The monoisotopic (exact) mass is 304 g/mol. The van der Waals surface area contributed by atoms with Crippen LogP contribution in [0.15, 0.2) is 9.05 Å². The van der Waals surface area contributed by atoms with E-state index in [4.69, 9.17) is 9.05 Å². The molecule has 2 rings (SSSR count). The zero-order valence-corrected chi connectivity index (χ0v) is 14.2. The Balaban J connectivity index is 2.25. The van der Waals surface area contributed by atoms with Gasteiger partial charge in [-0.25, -0.2) is 0 Å². The van der Waals surface area contributed by atoms with Gasteiger partial charge >= 0.3 is 0 Å². The normalized spacial score (nSPS) is 14.1. The number of rotatable bonds is 6. The van der Waals surface area contributed by atoms with E-state index in [2.05, 4.69) is 10.3 Å². The van der Waals surface area contributed by atoms with Crippen molar-refractivity contribution in [2.75, 3.05) is 0 Å². The summed E-state index contributed by atoms with van der Waals surface area (Å²) in [7, 11) is 0. The van der Waals surface area contributed by atoms with E-state index in [1.807, 2.05) is 41.5 Å². The Bertz CT molecular complexity index is 613. The molecule has 0 amide bonds. The minimum atomic E-state index is -0.350. The first kappa shape index (κ1) is 16.5. The van der Waals surface area contributed by atoms with Gasteiger partial charge in [-0.2, -0.15) is 0 Å². The van der Waals surface area contributed by atoms with Gasteiger partial charge < -0.3 is 9.05 Å². The molecule has 2 aromatic rings. The van der Waals surface area contributed by atoms with Crippen molar-refractivity contribution in [1.82, 2.24) is 10.3 Å². The van der Waals surface area contributed by atoms with Crippen LogP contribution in [-0.4, -0.2) is 16.1 Å². The smallest absolute Gasteiger partial charge is 0.153 e. The first-order chi connectivity index (χ1) is 10.4. The van der Waals surface area contributed by atoms with Gasteiger partial charge in [-0.15, -0.1) is 0 Å². The molecular formula is C17H24N2O3. The van der Waals surface area contributed by atoms with Gasteiger partial charge in [0.1, 0.15) is 11.5 Å². The van der Waals surface area contributed by atoms with Crippen molar-refractivity contribution in [3.8, 4) is 0 Å². The van der Waals surface area contributed by atoms with Crippen LogP contribution in [0.25, 0.3) is 0 Å². The van der Waals surface area contributed by atoms with Crippen LogP contribution in [0.4, 0.5) is 0 Å². The summed E-state index contributed by atoms with van der Waals surface area (Å²) in [4.78, 5) is 12.8. The minimum absolute atomic E-state index is 0.0591. The third kappa shape index (κ3) is 2.72. The largest absolute Gasteiger partial charge is 0.360 e. The van der Waals surface area contributed by atoms with Crippen molar-refractivity contribution in [2.24, 2.45) is 0 Å². The summed E-state index contributed by atoms with van der Waals surface area (Å²) in [5.41, 5.74) is 3.76. The molecule has 0 saturated carbocycles. The van der Waals surface area contributed by atoms with Gasteiger partial charge in [0.2, 0.25) is 0 Å². The highest BCUT2D eigenvalue weighted by atomic mass is 16.5. The maximum atomic E-state index is 12.8. The first-order valence-electron chi connectivity index (χ1n) is 7.86. The average molecular weight is 304 g/mol.